The molecule has 1 aromatic rings. The van der Waals surface area contributed by atoms with E-state index in [1.165, 1.54) is 7.05 Å². The van der Waals surface area contributed by atoms with Gasteiger partial charge in [0.15, 0.2) is 0 Å². The third-order valence-electron chi connectivity index (χ3n) is 1.61. The van der Waals surface area contributed by atoms with Crippen LogP contribution in [0.4, 0.5) is 23.2 Å². The Bertz CT molecular complexity index is 348. The van der Waals surface area contributed by atoms with Crippen molar-refractivity contribution in [2.24, 2.45) is 0 Å². The molecule has 1 N–H and O–H groups in total. The number of hydrogen-bond acceptors (Lipinski definition) is 1. The number of halogens is 5. The number of alkyl halides is 3. The minimum absolute atomic E-state index is 0.0568. The predicted octanol–water partition coefficient (Wildman–Crippen LogP) is 3.65. The maximum absolute atomic E-state index is 13.0. The van der Waals surface area contributed by atoms with Crippen LogP contribution in [0, 0.1) is 5.82 Å². The largest absolute Gasteiger partial charge is 0.418 e. The van der Waals surface area contributed by atoms with E-state index in [4.69, 9.17) is 0 Å². The van der Waals surface area contributed by atoms with Gasteiger partial charge in [0.25, 0.3) is 0 Å². The summed E-state index contributed by atoms with van der Waals surface area (Å²) in [6.45, 7) is 0. The summed E-state index contributed by atoms with van der Waals surface area (Å²) in [6.07, 6.45) is -4.57. The number of hydrogen-bond donors (Lipinski definition) is 1. The summed E-state index contributed by atoms with van der Waals surface area (Å²) in [4.78, 5) is 0. The molecule has 0 fully saturated rings. The SMILES string of the molecule is CNc1c(F)cc(Br)cc1C(F)(F)F. The first-order valence-electron chi connectivity index (χ1n) is 3.60. The van der Waals surface area contributed by atoms with Gasteiger partial charge in [-0.1, -0.05) is 15.9 Å². The lowest BCUT2D eigenvalue weighted by Gasteiger charge is -2.13. The van der Waals surface area contributed by atoms with Gasteiger partial charge < -0.3 is 5.32 Å². The van der Waals surface area contributed by atoms with E-state index in [1.54, 1.807) is 0 Å². The third kappa shape index (κ3) is 2.17. The van der Waals surface area contributed by atoms with Crippen LogP contribution in [0.15, 0.2) is 16.6 Å². The van der Waals surface area contributed by atoms with E-state index in [9.17, 15) is 17.6 Å². The van der Waals surface area contributed by atoms with E-state index < -0.39 is 23.2 Å². The lowest BCUT2D eigenvalue weighted by Crippen LogP contribution is -2.10. The van der Waals surface area contributed by atoms with Crippen molar-refractivity contribution in [1.82, 2.24) is 0 Å². The second-order valence-corrected chi connectivity index (χ2v) is 3.47. The summed E-state index contributed by atoms with van der Waals surface area (Å²) in [5.74, 6) is -0.936. The van der Waals surface area contributed by atoms with Crippen molar-refractivity contribution < 1.29 is 17.6 Å². The molecular weight excluding hydrogens is 266 g/mol. The van der Waals surface area contributed by atoms with Crippen molar-refractivity contribution in [3.8, 4) is 0 Å². The zero-order valence-electron chi connectivity index (χ0n) is 7.04. The van der Waals surface area contributed by atoms with Crippen LogP contribution in [0.3, 0.4) is 0 Å². The Hall–Kier alpha value is -0.780. The van der Waals surface area contributed by atoms with E-state index >= 15 is 0 Å². The average Bonchev–Trinajstić information content (AvgIpc) is 2.01. The number of nitrogens with one attached hydrogen (secondary N) is 1. The van der Waals surface area contributed by atoms with Crippen molar-refractivity contribution in [2.45, 2.75) is 6.18 Å². The minimum atomic E-state index is -4.57. The fourth-order valence-electron chi connectivity index (χ4n) is 1.05. The maximum atomic E-state index is 13.0. The Morgan fingerprint density at radius 3 is 2.29 bits per heavy atom. The Labute approximate surface area is 86.2 Å². The third-order valence-corrected chi connectivity index (χ3v) is 2.07. The zero-order valence-corrected chi connectivity index (χ0v) is 8.63. The lowest BCUT2D eigenvalue weighted by atomic mass is 10.1. The van der Waals surface area contributed by atoms with Crippen molar-refractivity contribution in [3.05, 3.63) is 28.0 Å². The van der Waals surface area contributed by atoms with Gasteiger partial charge in [0.05, 0.1) is 11.3 Å². The molecule has 14 heavy (non-hydrogen) atoms. The van der Waals surface area contributed by atoms with Crippen LogP contribution in [0.2, 0.25) is 0 Å². The van der Waals surface area contributed by atoms with E-state index in [0.717, 1.165) is 12.1 Å². The van der Waals surface area contributed by atoms with Crippen molar-refractivity contribution in [3.63, 3.8) is 0 Å². The Kier molecular flexibility index (Phi) is 3.04. The van der Waals surface area contributed by atoms with Crippen LogP contribution in [0.25, 0.3) is 0 Å². The molecule has 0 unspecified atom stereocenters. The molecule has 0 saturated heterocycles. The number of rotatable bonds is 1. The molecular formula is C8H6BrF4N. The zero-order chi connectivity index (χ0) is 10.9. The van der Waals surface area contributed by atoms with Crippen LogP contribution >= 0.6 is 15.9 Å². The van der Waals surface area contributed by atoms with Gasteiger partial charge in [-0.15, -0.1) is 0 Å². The highest BCUT2D eigenvalue weighted by molar-refractivity contribution is 9.10. The topological polar surface area (TPSA) is 12.0 Å². The molecule has 0 saturated carbocycles. The normalized spacial score (nSPS) is 11.6. The average molecular weight is 272 g/mol. The highest BCUT2D eigenvalue weighted by Crippen LogP contribution is 2.37. The molecule has 0 aromatic heterocycles. The number of benzene rings is 1. The Balaban J connectivity index is 3.40. The van der Waals surface area contributed by atoms with Crippen molar-refractivity contribution in [2.75, 3.05) is 12.4 Å². The molecule has 6 heteroatoms. The van der Waals surface area contributed by atoms with Gasteiger partial charge in [0.2, 0.25) is 0 Å². The highest BCUT2D eigenvalue weighted by atomic mass is 79.9. The summed E-state index contributed by atoms with van der Waals surface area (Å²) in [7, 11) is 1.24. The molecule has 78 valence electrons. The lowest BCUT2D eigenvalue weighted by molar-refractivity contribution is -0.137. The van der Waals surface area contributed by atoms with Gasteiger partial charge in [-0.05, 0) is 12.1 Å². The Morgan fingerprint density at radius 1 is 1.29 bits per heavy atom. The Morgan fingerprint density at radius 2 is 1.86 bits per heavy atom. The van der Waals surface area contributed by atoms with Gasteiger partial charge >= 0.3 is 6.18 Å². The van der Waals surface area contributed by atoms with Gasteiger partial charge in [-0.25, -0.2) is 4.39 Å². The smallest absolute Gasteiger partial charge is 0.385 e. The predicted molar refractivity (Wildman–Crippen MR) is 48.6 cm³/mol. The quantitative estimate of drug-likeness (QED) is 0.769. The molecule has 0 amide bonds. The number of anilines is 1. The summed E-state index contributed by atoms with van der Waals surface area (Å²) in [5, 5.41) is 2.18. The standard InChI is InChI=1S/C8H6BrF4N/c1-14-7-5(8(11,12)13)2-4(9)3-6(7)10/h2-3,14H,1H3. The van der Waals surface area contributed by atoms with E-state index in [0.29, 0.717) is 0 Å². The first-order valence-corrected chi connectivity index (χ1v) is 4.39. The summed E-state index contributed by atoms with van der Waals surface area (Å²) in [5.41, 5.74) is -1.56. The van der Waals surface area contributed by atoms with Crippen LogP contribution in [-0.4, -0.2) is 7.05 Å². The fraction of sp³-hybridized carbons (Fsp3) is 0.250. The van der Waals surface area contributed by atoms with E-state index in [1.807, 2.05) is 0 Å². The van der Waals surface area contributed by atoms with Crippen molar-refractivity contribution in [1.29, 1.82) is 0 Å². The van der Waals surface area contributed by atoms with Gasteiger partial charge in [0, 0.05) is 11.5 Å². The molecule has 0 aliphatic heterocycles. The first kappa shape index (κ1) is 11.3. The summed E-state index contributed by atoms with van der Waals surface area (Å²) >= 11 is 2.80. The molecule has 0 radical (unpaired) electrons. The summed E-state index contributed by atoms with van der Waals surface area (Å²) in [6, 6.07) is 1.80. The van der Waals surface area contributed by atoms with Crippen LogP contribution < -0.4 is 5.32 Å². The molecule has 1 rings (SSSR count). The van der Waals surface area contributed by atoms with Crippen LogP contribution in [0.1, 0.15) is 5.56 Å². The molecule has 1 aromatic carbocycles. The summed E-state index contributed by atoms with van der Waals surface area (Å²) < 4.78 is 50.2. The van der Waals surface area contributed by atoms with Crippen LogP contribution in [0.5, 0.6) is 0 Å². The molecule has 0 spiro atoms. The van der Waals surface area contributed by atoms with Crippen molar-refractivity contribution >= 4 is 21.6 Å². The highest BCUT2D eigenvalue weighted by Gasteiger charge is 2.34. The first-order chi connectivity index (χ1) is 6.36. The minimum Gasteiger partial charge on any atom is -0.385 e. The van der Waals surface area contributed by atoms with E-state index in [2.05, 4.69) is 21.2 Å². The second-order valence-electron chi connectivity index (χ2n) is 2.56. The second kappa shape index (κ2) is 3.76. The van der Waals surface area contributed by atoms with Crippen LogP contribution in [-0.2, 0) is 6.18 Å². The molecule has 0 heterocycles. The molecule has 0 aliphatic carbocycles. The molecule has 1 nitrogen and oxygen atoms in total. The van der Waals surface area contributed by atoms with Gasteiger partial charge in [0.1, 0.15) is 5.82 Å². The monoisotopic (exact) mass is 271 g/mol. The fourth-order valence-corrected chi connectivity index (χ4v) is 1.48. The molecule has 0 bridgehead atoms. The molecule has 0 aliphatic rings. The van der Waals surface area contributed by atoms with Gasteiger partial charge in [-0.2, -0.15) is 13.2 Å². The maximum Gasteiger partial charge on any atom is 0.418 e. The van der Waals surface area contributed by atoms with E-state index in [-0.39, 0.29) is 4.47 Å². The van der Waals surface area contributed by atoms with Gasteiger partial charge in [-0.3, -0.25) is 0 Å². The molecule has 0 atom stereocenters.